The van der Waals surface area contributed by atoms with Crippen LogP contribution in [0.1, 0.15) is 27.7 Å². The second-order valence-corrected chi connectivity index (χ2v) is 8.11. The maximum atomic E-state index is 11.8. The molecule has 1 aliphatic rings. The molecule has 1 aliphatic heterocycles. The fourth-order valence-corrected chi connectivity index (χ4v) is 3.46. The monoisotopic (exact) mass is 478 g/mol. The quantitative estimate of drug-likeness (QED) is 0.0999. The lowest BCUT2D eigenvalue weighted by Crippen LogP contribution is -2.60. The van der Waals surface area contributed by atoms with E-state index in [1.807, 2.05) is 0 Å². The molecule has 0 fully saturated rings. The molecule has 1 rings (SSSR count). The molecule has 0 radical (unpaired) electrons. The third kappa shape index (κ3) is 8.19. The largest absolute Gasteiger partial charge is 0.476 e. The highest BCUT2D eigenvalue weighted by Crippen LogP contribution is 2.49. The maximum Gasteiger partial charge on any atom is 0.390 e. The Morgan fingerprint density at radius 3 is 2.22 bits per heavy atom. The van der Waals surface area contributed by atoms with Gasteiger partial charge in [0.05, 0.1) is 12.1 Å². The molecule has 1 heterocycles. The van der Waals surface area contributed by atoms with Crippen LogP contribution in [0.4, 0.5) is 0 Å². The van der Waals surface area contributed by atoms with Gasteiger partial charge in [-0.05, 0) is 11.6 Å². The van der Waals surface area contributed by atoms with Gasteiger partial charge in [0, 0.05) is 32.6 Å². The molecule has 5 unspecified atom stereocenters. The number of esters is 3. The van der Waals surface area contributed by atoms with Gasteiger partial charge in [-0.25, -0.2) is 0 Å². The van der Waals surface area contributed by atoms with E-state index in [2.05, 4.69) is 15.3 Å². The van der Waals surface area contributed by atoms with Crippen molar-refractivity contribution in [2.24, 2.45) is 5.11 Å². The Labute approximate surface area is 181 Å². The van der Waals surface area contributed by atoms with E-state index in [9.17, 15) is 33.5 Å². The molecular weight excluding hydrogens is 455 g/mol. The summed E-state index contributed by atoms with van der Waals surface area (Å²) in [6.07, 6.45) is -3.98. The minimum Gasteiger partial charge on any atom is -0.476 e. The van der Waals surface area contributed by atoms with Crippen LogP contribution in [0, 0.1) is 0 Å². The van der Waals surface area contributed by atoms with E-state index in [1.54, 1.807) is 0 Å². The van der Waals surface area contributed by atoms with Crippen molar-refractivity contribution in [2.75, 3.05) is 6.61 Å². The normalized spacial score (nSPS) is 22.1. The zero-order chi connectivity index (χ0) is 24.6. The standard InChI is InChI=1S/C16H23N4O11P/c1-7(21)18-14-11(19-20-17)5-13(32(25,26)27)31-16(14)15(30-10(4)24)12(29-9(3)23)6-28-8(2)22/h5,11-12,14-16H,6H2,1-4H3,(H,18,21)(H2,25,26,27). The van der Waals surface area contributed by atoms with E-state index in [0.717, 1.165) is 33.8 Å². The van der Waals surface area contributed by atoms with Gasteiger partial charge in [0.15, 0.2) is 18.3 Å². The first kappa shape index (κ1) is 26.9. The Hall–Kier alpha value is -3.12. The summed E-state index contributed by atoms with van der Waals surface area (Å²) >= 11 is 0. The van der Waals surface area contributed by atoms with E-state index in [-0.39, 0.29) is 0 Å². The van der Waals surface area contributed by atoms with Crippen LogP contribution in [-0.4, -0.2) is 70.6 Å². The van der Waals surface area contributed by atoms with E-state index in [4.69, 9.17) is 24.5 Å². The number of amides is 1. The van der Waals surface area contributed by atoms with Gasteiger partial charge in [0.2, 0.25) is 11.4 Å². The average molecular weight is 478 g/mol. The number of nitrogens with zero attached hydrogens (tertiary/aromatic N) is 3. The van der Waals surface area contributed by atoms with Crippen molar-refractivity contribution < 1.29 is 52.5 Å². The number of ether oxygens (including phenoxy) is 4. The van der Waals surface area contributed by atoms with E-state index in [0.29, 0.717) is 0 Å². The summed E-state index contributed by atoms with van der Waals surface area (Å²) in [5, 5.41) is 5.82. The SMILES string of the molecule is CC(=O)NC1C(N=[N+]=[N-])C=C(P(=O)(O)O)OC1C(OC(C)=O)C(COC(C)=O)OC(C)=O. The highest BCUT2D eigenvalue weighted by Gasteiger charge is 2.48. The summed E-state index contributed by atoms with van der Waals surface area (Å²) in [7, 11) is -5.05. The van der Waals surface area contributed by atoms with Gasteiger partial charge < -0.3 is 34.1 Å². The third-order valence-corrected chi connectivity index (χ3v) is 4.72. The van der Waals surface area contributed by atoms with Crippen molar-refractivity contribution in [2.45, 2.75) is 58.1 Å². The summed E-state index contributed by atoms with van der Waals surface area (Å²) in [6, 6.07) is -2.71. The van der Waals surface area contributed by atoms with E-state index < -0.39 is 73.9 Å². The predicted octanol–water partition coefficient (Wildman–Crippen LogP) is 0.0144. The number of carbonyl (C=O) groups excluding carboxylic acids is 4. The number of azide groups is 1. The summed E-state index contributed by atoms with van der Waals surface area (Å²) in [5.41, 5.74) is 7.95. The smallest absolute Gasteiger partial charge is 0.390 e. The summed E-state index contributed by atoms with van der Waals surface area (Å²) < 4.78 is 32.3. The lowest BCUT2D eigenvalue weighted by atomic mass is 9.93. The minimum absolute atomic E-state index is 0.624. The Balaban J connectivity index is 3.61. The van der Waals surface area contributed by atoms with Crippen LogP contribution in [0.25, 0.3) is 10.4 Å². The van der Waals surface area contributed by atoms with Gasteiger partial charge in [-0.1, -0.05) is 5.11 Å². The van der Waals surface area contributed by atoms with Gasteiger partial charge in [0.1, 0.15) is 6.61 Å². The molecule has 0 bridgehead atoms. The molecule has 32 heavy (non-hydrogen) atoms. The van der Waals surface area contributed by atoms with Gasteiger partial charge in [-0.15, -0.1) is 0 Å². The first-order chi connectivity index (χ1) is 14.8. The molecule has 3 N–H and O–H groups in total. The summed E-state index contributed by atoms with van der Waals surface area (Å²) in [5.74, 6) is -3.22. The maximum absolute atomic E-state index is 11.8. The van der Waals surface area contributed by atoms with Crippen LogP contribution >= 0.6 is 7.60 Å². The highest BCUT2D eigenvalue weighted by molar-refractivity contribution is 7.56. The van der Waals surface area contributed by atoms with E-state index >= 15 is 0 Å². The number of carbonyl (C=O) groups is 4. The van der Waals surface area contributed by atoms with Crippen LogP contribution in [0.15, 0.2) is 16.7 Å². The van der Waals surface area contributed by atoms with E-state index in [1.165, 1.54) is 0 Å². The second kappa shape index (κ2) is 11.5. The minimum atomic E-state index is -5.05. The molecule has 0 aromatic heterocycles. The van der Waals surface area contributed by atoms with Crippen LogP contribution < -0.4 is 5.32 Å². The van der Waals surface area contributed by atoms with Gasteiger partial charge >= 0.3 is 25.5 Å². The van der Waals surface area contributed by atoms with Crippen molar-refractivity contribution in [3.05, 3.63) is 22.0 Å². The topological polar surface area (TPSA) is 224 Å². The Morgan fingerprint density at radius 2 is 1.78 bits per heavy atom. The van der Waals surface area contributed by atoms with Crippen molar-refractivity contribution in [3.63, 3.8) is 0 Å². The average Bonchev–Trinajstić information content (AvgIpc) is 2.63. The van der Waals surface area contributed by atoms with Crippen molar-refractivity contribution in [3.8, 4) is 0 Å². The van der Waals surface area contributed by atoms with Crippen LogP contribution in [-0.2, 0) is 42.7 Å². The number of hydrogen-bond acceptors (Lipinski definition) is 10. The van der Waals surface area contributed by atoms with Gasteiger partial charge in [-0.2, -0.15) is 0 Å². The number of rotatable bonds is 9. The zero-order valence-electron chi connectivity index (χ0n) is 17.5. The highest BCUT2D eigenvalue weighted by atomic mass is 31.2. The predicted molar refractivity (Wildman–Crippen MR) is 103 cm³/mol. The molecule has 0 saturated heterocycles. The zero-order valence-corrected chi connectivity index (χ0v) is 18.4. The lowest BCUT2D eigenvalue weighted by Gasteiger charge is -2.41. The Bertz CT molecular complexity index is 879. The molecular formula is C16H23N4O11P. The Kier molecular flexibility index (Phi) is 9.66. The number of nitrogens with one attached hydrogen (secondary N) is 1. The van der Waals surface area contributed by atoms with Crippen molar-refractivity contribution >= 4 is 31.4 Å². The fraction of sp³-hybridized carbons (Fsp3) is 0.625. The molecule has 0 spiro atoms. The molecule has 1 amide bonds. The van der Waals surface area contributed by atoms with Crippen LogP contribution in [0.5, 0.6) is 0 Å². The second-order valence-electron chi connectivity index (χ2n) is 6.58. The molecule has 0 aromatic rings. The molecule has 5 atom stereocenters. The van der Waals surface area contributed by atoms with Crippen LogP contribution in [0.3, 0.4) is 0 Å². The van der Waals surface area contributed by atoms with Gasteiger partial charge in [0.25, 0.3) is 0 Å². The molecule has 178 valence electrons. The Morgan fingerprint density at radius 1 is 1.19 bits per heavy atom. The molecule has 0 aliphatic carbocycles. The number of hydrogen-bond donors (Lipinski definition) is 3. The summed E-state index contributed by atoms with van der Waals surface area (Å²) in [4.78, 5) is 68.1. The molecule has 0 aromatic carbocycles. The molecule has 15 nitrogen and oxygen atoms in total. The first-order valence-electron chi connectivity index (χ1n) is 9.00. The molecule has 0 saturated carbocycles. The van der Waals surface area contributed by atoms with Crippen molar-refractivity contribution in [1.82, 2.24) is 5.32 Å². The lowest BCUT2D eigenvalue weighted by molar-refractivity contribution is -0.186. The molecule has 16 heteroatoms. The first-order valence-corrected chi connectivity index (χ1v) is 10.6. The van der Waals surface area contributed by atoms with Crippen molar-refractivity contribution in [1.29, 1.82) is 0 Å². The third-order valence-electron chi connectivity index (χ3n) is 3.89. The summed E-state index contributed by atoms with van der Waals surface area (Å²) in [6.45, 7) is 3.55. The fourth-order valence-electron chi connectivity index (χ4n) is 2.86. The van der Waals surface area contributed by atoms with Crippen LogP contribution in [0.2, 0.25) is 0 Å². The van der Waals surface area contributed by atoms with Gasteiger partial charge in [-0.3, -0.25) is 23.7 Å².